The summed E-state index contributed by atoms with van der Waals surface area (Å²) in [5.74, 6) is 0. The van der Waals surface area contributed by atoms with Gasteiger partial charge >= 0.3 is 0 Å². The highest BCUT2D eigenvalue weighted by atomic mass is 35.5. The van der Waals surface area contributed by atoms with Gasteiger partial charge in [0.2, 0.25) is 0 Å². The lowest BCUT2D eigenvalue weighted by molar-refractivity contribution is 0.282. The molecule has 0 bridgehead atoms. The van der Waals surface area contributed by atoms with Gasteiger partial charge in [-0.3, -0.25) is 0 Å². The van der Waals surface area contributed by atoms with Gasteiger partial charge in [0.1, 0.15) is 0 Å². The first kappa shape index (κ1) is 11.1. The lowest BCUT2D eigenvalue weighted by atomic mass is 10.1. The largest absolute Gasteiger partial charge is 0.392 e. The molecule has 0 spiro atoms. The predicted molar refractivity (Wildman–Crippen MR) is 60.8 cm³/mol. The fraction of sp³-hybridized carbons (Fsp3) is 0.273. The quantitative estimate of drug-likeness (QED) is 0.774. The van der Waals surface area contributed by atoms with E-state index >= 15 is 0 Å². The van der Waals surface area contributed by atoms with Crippen LogP contribution in [0.5, 0.6) is 0 Å². The van der Waals surface area contributed by atoms with Crippen molar-refractivity contribution >= 4 is 17.3 Å². The number of rotatable bonds is 4. The van der Waals surface area contributed by atoms with Crippen LogP contribution in [0.15, 0.2) is 30.9 Å². The molecular weight excluding hydrogens is 198 g/mol. The highest BCUT2D eigenvalue weighted by molar-refractivity contribution is 6.30. The predicted octanol–water partition coefficient (Wildman–Crippen LogP) is 2.45. The van der Waals surface area contributed by atoms with Crippen LogP contribution in [-0.4, -0.2) is 18.7 Å². The summed E-state index contributed by atoms with van der Waals surface area (Å²) >= 11 is 5.88. The minimum Gasteiger partial charge on any atom is -0.392 e. The summed E-state index contributed by atoms with van der Waals surface area (Å²) in [4.78, 5) is 1.99. The minimum absolute atomic E-state index is 0.0218. The van der Waals surface area contributed by atoms with Gasteiger partial charge in [0.25, 0.3) is 0 Å². The zero-order valence-corrected chi connectivity index (χ0v) is 8.96. The van der Waals surface area contributed by atoms with Gasteiger partial charge < -0.3 is 10.0 Å². The maximum atomic E-state index is 9.13. The van der Waals surface area contributed by atoms with E-state index in [1.54, 1.807) is 6.07 Å². The number of nitrogens with zero attached hydrogens (tertiary/aromatic N) is 1. The number of halogens is 1. The molecule has 0 amide bonds. The Kier molecular flexibility index (Phi) is 3.98. The fourth-order valence-corrected chi connectivity index (χ4v) is 1.48. The van der Waals surface area contributed by atoms with Crippen LogP contribution < -0.4 is 4.90 Å². The van der Waals surface area contributed by atoms with Crippen molar-refractivity contribution in [3.63, 3.8) is 0 Å². The average Bonchev–Trinajstić information content (AvgIpc) is 2.18. The number of likely N-dealkylation sites (N-methyl/N-ethyl adjacent to an activating group) is 1. The van der Waals surface area contributed by atoms with Crippen LogP contribution in [0, 0.1) is 0 Å². The minimum atomic E-state index is 0.0218. The van der Waals surface area contributed by atoms with E-state index in [1.165, 1.54) is 0 Å². The second-order valence-electron chi connectivity index (χ2n) is 3.10. The normalized spacial score (nSPS) is 9.93. The van der Waals surface area contributed by atoms with Crippen molar-refractivity contribution in [3.8, 4) is 0 Å². The van der Waals surface area contributed by atoms with Crippen LogP contribution in [0.3, 0.4) is 0 Å². The molecule has 2 nitrogen and oxygen atoms in total. The Hall–Kier alpha value is -0.990. The van der Waals surface area contributed by atoms with Crippen molar-refractivity contribution in [1.82, 2.24) is 0 Å². The topological polar surface area (TPSA) is 23.5 Å². The summed E-state index contributed by atoms with van der Waals surface area (Å²) in [6.07, 6.45) is 1.81. The summed E-state index contributed by atoms with van der Waals surface area (Å²) in [6.45, 7) is 4.42. The molecule has 3 heteroatoms. The van der Waals surface area contributed by atoms with E-state index in [4.69, 9.17) is 16.7 Å². The molecular formula is C11H14ClNO. The standard InChI is InChI=1S/C11H14ClNO/c1-3-6-13(2)11-7-10(12)5-4-9(11)8-14/h3-5,7,14H,1,6,8H2,2H3. The third-order valence-corrected chi connectivity index (χ3v) is 2.27. The van der Waals surface area contributed by atoms with Crippen LogP contribution in [0.1, 0.15) is 5.56 Å². The molecule has 1 rings (SSSR count). The van der Waals surface area contributed by atoms with E-state index in [9.17, 15) is 0 Å². The van der Waals surface area contributed by atoms with Crippen molar-refractivity contribution in [2.24, 2.45) is 0 Å². The van der Waals surface area contributed by atoms with E-state index in [0.29, 0.717) is 5.02 Å². The Morgan fingerprint density at radius 3 is 2.86 bits per heavy atom. The third kappa shape index (κ3) is 2.50. The van der Waals surface area contributed by atoms with Crippen molar-refractivity contribution in [2.45, 2.75) is 6.61 Å². The maximum Gasteiger partial charge on any atom is 0.0702 e. The zero-order valence-electron chi connectivity index (χ0n) is 8.20. The van der Waals surface area contributed by atoms with Gasteiger partial charge in [0, 0.05) is 29.9 Å². The van der Waals surface area contributed by atoms with Crippen molar-refractivity contribution in [3.05, 3.63) is 41.4 Å². The van der Waals surface area contributed by atoms with Gasteiger partial charge in [0.05, 0.1) is 6.61 Å². The number of anilines is 1. The van der Waals surface area contributed by atoms with Gasteiger partial charge in [-0.15, -0.1) is 6.58 Å². The van der Waals surface area contributed by atoms with Crippen LogP contribution in [-0.2, 0) is 6.61 Å². The molecule has 1 N–H and O–H groups in total. The summed E-state index contributed by atoms with van der Waals surface area (Å²) in [6, 6.07) is 5.45. The summed E-state index contributed by atoms with van der Waals surface area (Å²) < 4.78 is 0. The van der Waals surface area contributed by atoms with Gasteiger partial charge in [-0.1, -0.05) is 23.7 Å². The van der Waals surface area contributed by atoms with Gasteiger partial charge in [-0.05, 0) is 12.1 Å². The molecule has 0 aliphatic carbocycles. The lowest BCUT2D eigenvalue weighted by Crippen LogP contribution is -2.18. The highest BCUT2D eigenvalue weighted by Crippen LogP contribution is 2.23. The zero-order chi connectivity index (χ0) is 10.6. The first-order valence-corrected chi connectivity index (χ1v) is 4.78. The van der Waals surface area contributed by atoms with Crippen LogP contribution >= 0.6 is 11.6 Å². The van der Waals surface area contributed by atoms with Crippen LogP contribution in [0.2, 0.25) is 5.02 Å². The number of hydrogen-bond donors (Lipinski definition) is 1. The third-order valence-electron chi connectivity index (χ3n) is 2.03. The molecule has 0 fully saturated rings. The lowest BCUT2D eigenvalue weighted by Gasteiger charge is -2.20. The smallest absolute Gasteiger partial charge is 0.0702 e. The summed E-state index contributed by atoms with van der Waals surface area (Å²) in [5.41, 5.74) is 1.82. The van der Waals surface area contributed by atoms with E-state index in [2.05, 4.69) is 6.58 Å². The van der Waals surface area contributed by atoms with E-state index in [0.717, 1.165) is 17.8 Å². The monoisotopic (exact) mass is 211 g/mol. The Labute approximate surface area is 89.4 Å². The molecule has 0 unspecified atom stereocenters. The first-order chi connectivity index (χ1) is 6.69. The average molecular weight is 212 g/mol. The first-order valence-electron chi connectivity index (χ1n) is 4.40. The second-order valence-corrected chi connectivity index (χ2v) is 3.54. The Balaban J connectivity index is 3.02. The maximum absolute atomic E-state index is 9.13. The SMILES string of the molecule is C=CCN(C)c1cc(Cl)ccc1CO. The second kappa shape index (κ2) is 5.03. The number of aliphatic hydroxyl groups excluding tert-OH is 1. The molecule has 1 aromatic carbocycles. The molecule has 1 aromatic rings. The molecule has 0 aliphatic rings. The van der Waals surface area contributed by atoms with Crippen molar-refractivity contribution in [2.75, 3.05) is 18.5 Å². The molecule has 0 aromatic heterocycles. The molecule has 76 valence electrons. The Morgan fingerprint density at radius 1 is 1.57 bits per heavy atom. The molecule has 14 heavy (non-hydrogen) atoms. The number of aliphatic hydroxyl groups is 1. The van der Waals surface area contributed by atoms with E-state index < -0.39 is 0 Å². The molecule has 0 atom stereocenters. The van der Waals surface area contributed by atoms with Crippen LogP contribution in [0.25, 0.3) is 0 Å². The van der Waals surface area contributed by atoms with Crippen molar-refractivity contribution in [1.29, 1.82) is 0 Å². The van der Waals surface area contributed by atoms with Gasteiger partial charge in [0.15, 0.2) is 0 Å². The molecule has 0 saturated carbocycles. The summed E-state index contributed by atoms with van der Waals surface area (Å²) in [7, 11) is 1.94. The highest BCUT2D eigenvalue weighted by Gasteiger charge is 2.05. The fourth-order valence-electron chi connectivity index (χ4n) is 1.32. The molecule has 0 saturated heterocycles. The molecule has 0 radical (unpaired) electrons. The number of hydrogen-bond acceptors (Lipinski definition) is 2. The van der Waals surface area contributed by atoms with E-state index in [-0.39, 0.29) is 6.61 Å². The van der Waals surface area contributed by atoms with Crippen LogP contribution in [0.4, 0.5) is 5.69 Å². The van der Waals surface area contributed by atoms with E-state index in [1.807, 2.05) is 30.2 Å². The summed E-state index contributed by atoms with van der Waals surface area (Å²) in [5, 5.41) is 9.81. The molecule has 0 aliphatic heterocycles. The molecule has 0 heterocycles. The Morgan fingerprint density at radius 2 is 2.29 bits per heavy atom. The Bertz CT molecular complexity index is 325. The van der Waals surface area contributed by atoms with Crippen molar-refractivity contribution < 1.29 is 5.11 Å². The number of benzene rings is 1. The van der Waals surface area contributed by atoms with Gasteiger partial charge in [-0.25, -0.2) is 0 Å². The van der Waals surface area contributed by atoms with Gasteiger partial charge in [-0.2, -0.15) is 0 Å².